The molecule has 4 N–H and O–H groups in total. The molecule has 1 amide bonds. The minimum absolute atomic E-state index is 0.122. The summed E-state index contributed by atoms with van der Waals surface area (Å²) >= 11 is 4.10. The van der Waals surface area contributed by atoms with Crippen molar-refractivity contribution < 1.29 is 13.6 Å². The molecular weight excluding hydrogens is 366 g/mol. The first-order valence-electron chi connectivity index (χ1n) is 7.43. The first kappa shape index (κ1) is 17.6. The number of benzene rings is 1. The molecule has 1 aromatic heterocycles. The van der Waals surface area contributed by atoms with Gasteiger partial charge in [0.2, 0.25) is 0 Å². The fraction of sp³-hybridized carbons (Fsp3) is 0.267. The lowest BCUT2D eigenvalue weighted by Gasteiger charge is -2.12. The van der Waals surface area contributed by atoms with Crippen molar-refractivity contribution in [2.45, 2.75) is 24.5 Å². The molecule has 1 saturated carbocycles. The molecule has 1 fully saturated rings. The maximum absolute atomic E-state index is 12.2. The predicted molar refractivity (Wildman–Crippen MR) is 93.3 cm³/mol. The Morgan fingerprint density at radius 1 is 1.44 bits per heavy atom. The van der Waals surface area contributed by atoms with Gasteiger partial charge >= 0.3 is 0 Å². The van der Waals surface area contributed by atoms with Crippen molar-refractivity contribution in [1.29, 1.82) is 0 Å². The van der Waals surface area contributed by atoms with Crippen molar-refractivity contribution >= 4 is 34.5 Å². The van der Waals surface area contributed by atoms with Crippen LogP contribution in [0.15, 0.2) is 29.4 Å². The number of aliphatic imine (C=N–C) groups is 1. The lowest BCUT2D eigenvalue weighted by molar-refractivity contribution is 0.100. The number of halogens is 1. The quantitative estimate of drug-likeness (QED) is 0.453. The number of hydrogen-bond acceptors (Lipinski definition) is 4. The van der Waals surface area contributed by atoms with Gasteiger partial charge in [-0.15, -0.1) is 0 Å². The molecule has 0 radical (unpaired) electrons. The topological polar surface area (TPSA) is 139 Å². The Morgan fingerprint density at radius 2 is 2.16 bits per heavy atom. The lowest BCUT2D eigenvalue weighted by atomic mass is 10.1. The summed E-state index contributed by atoms with van der Waals surface area (Å²) in [7, 11) is 0. The zero-order valence-corrected chi connectivity index (χ0v) is 14.6. The molecule has 10 heteroatoms. The molecule has 8 nitrogen and oxygen atoms in total. The Morgan fingerprint density at radius 3 is 2.72 bits per heavy atom. The summed E-state index contributed by atoms with van der Waals surface area (Å²) < 4.78 is 23.2. The molecule has 1 aliphatic rings. The van der Waals surface area contributed by atoms with E-state index in [-0.39, 0.29) is 17.6 Å². The van der Waals surface area contributed by atoms with Gasteiger partial charge in [-0.25, -0.2) is 4.68 Å². The molecule has 1 aromatic carbocycles. The van der Waals surface area contributed by atoms with E-state index >= 15 is 0 Å². The molecule has 132 valence electrons. The second kappa shape index (κ2) is 6.95. The standard InChI is InChI=1S/C15H16ClN5O3S/c16-11-5-8(7-25(23)24)1-4-12(11)21-13(9-2-3-9)10(6-19-21)14(22)20-15(17)18/h1,4-6,9H,2-3,7H2,(H,23,24)(H4,17,18,20,22)/p-1. The average molecular weight is 381 g/mol. The largest absolute Gasteiger partial charge is 0.772 e. The molecule has 0 saturated heterocycles. The van der Waals surface area contributed by atoms with E-state index in [1.165, 1.54) is 6.20 Å². The first-order valence-corrected chi connectivity index (χ1v) is 9.05. The number of hydrogen-bond donors (Lipinski definition) is 2. The zero-order valence-electron chi connectivity index (χ0n) is 13.0. The Balaban J connectivity index is 2.03. The molecule has 2 aromatic rings. The number of guanidine groups is 1. The van der Waals surface area contributed by atoms with Crippen LogP contribution in [-0.2, 0) is 16.8 Å². The molecule has 1 aliphatic carbocycles. The third kappa shape index (κ3) is 3.89. The molecule has 1 heterocycles. The van der Waals surface area contributed by atoms with Crippen LogP contribution in [0.4, 0.5) is 0 Å². The van der Waals surface area contributed by atoms with Gasteiger partial charge in [0.25, 0.3) is 5.91 Å². The number of amides is 1. The van der Waals surface area contributed by atoms with Crippen molar-refractivity contribution in [3.8, 4) is 5.69 Å². The smallest absolute Gasteiger partial charge is 0.283 e. The van der Waals surface area contributed by atoms with Gasteiger partial charge in [-0.2, -0.15) is 10.1 Å². The number of nitrogens with zero attached hydrogens (tertiary/aromatic N) is 3. The normalized spacial score (nSPS) is 15.0. The van der Waals surface area contributed by atoms with E-state index in [9.17, 15) is 13.6 Å². The van der Waals surface area contributed by atoms with E-state index in [0.717, 1.165) is 12.8 Å². The third-order valence-corrected chi connectivity index (χ3v) is 4.63. The average Bonchev–Trinajstić information content (AvgIpc) is 3.25. The fourth-order valence-electron chi connectivity index (χ4n) is 2.59. The van der Waals surface area contributed by atoms with Crippen LogP contribution in [0.5, 0.6) is 0 Å². The molecule has 3 rings (SSSR count). The van der Waals surface area contributed by atoms with E-state index in [0.29, 0.717) is 27.5 Å². The van der Waals surface area contributed by atoms with Crippen LogP contribution in [0.25, 0.3) is 5.69 Å². The number of rotatable bonds is 5. The van der Waals surface area contributed by atoms with Gasteiger partial charge in [-0.3, -0.25) is 9.00 Å². The minimum atomic E-state index is -2.20. The van der Waals surface area contributed by atoms with E-state index in [1.54, 1.807) is 22.9 Å². The van der Waals surface area contributed by atoms with E-state index < -0.39 is 17.0 Å². The van der Waals surface area contributed by atoms with Crippen molar-refractivity contribution in [2.24, 2.45) is 16.5 Å². The van der Waals surface area contributed by atoms with Gasteiger partial charge in [0.1, 0.15) is 0 Å². The van der Waals surface area contributed by atoms with Gasteiger partial charge < -0.3 is 16.0 Å². The second-order valence-electron chi connectivity index (χ2n) is 5.71. The monoisotopic (exact) mass is 380 g/mol. The Hall–Kier alpha value is -2.23. The Kier molecular flexibility index (Phi) is 4.89. The summed E-state index contributed by atoms with van der Waals surface area (Å²) in [6, 6.07) is 4.91. The molecule has 0 aliphatic heterocycles. The highest BCUT2D eigenvalue weighted by Crippen LogP contribution is 2.43. The molecule has 25 heavy (non-hydrogen) atoms. The summed E-state index contributed by atoms with van der Waals surface area (Å²) in [4.78, 5) is 15.8. The first-order chi connectivity index (χ1) is 11.9. The number of aromatic nitrogens is 2. The van der Waals surface area contributed by atoms with Crippen LogP contribution < -0.4 is 11.5 Å². The summed E-state index contributed by atoms with van der Waals surface area (Å²) in [5.74, 6) is -0.807. The second-order valence-corrected chi connectivity index (χ2v) is 7.01. The van der Waals surface area contributed by atoms with E-state index in [2.05, 4.69) is 10.1 Å². The van der Waals surface area contributed by atoms with Gasteiger partial charge in [0.15, 0.2) is 5.96 Å². The van der Waals surface area contributed by atoms with Crippen LogP contribution in [0.3, 0.4) is 0 Å². The third-order valence-electron chi connectivity index (χ3n) is 3.76. The summed E-state index contributed by atoms with van der Waals surface area (Å²) in [5, 5.41) is 4.61. The SMILES string of the molecule is NC(N)=NC(=O)c1cnn(-c2ccc(CS(=O)[O-])cc2Cl)c1C1CC1. The van der Waals surface area contributed by atoms with E-state index in [1.807, 2.05) is 0 Å². The highest BCUT2D eigenvalue weighted by Gasteiger charge is 2.33. The van der Waals surface area contributed by atoms with Crippen LogP contribution in [0.2, 0.25) is 5.02 Å². The number of nitrogens with two attached hydrogens (primary N) is 2. The maximum atomic E-state index is 12.2. The van der Waals surface area contributed by atoms with Gasteiger partial charge in [0, 0.05) is 11.7 Å². The highest BCUT2D eigenvalue weighted by molar-refractivity contribution is 7.78. The van der Waals surface area contributed by atoms with Crippen molar-refractivity contribution in [3.05, 3.63) is 46.2 Å². The predicted octanol–water partition coefficient (Wildman–Crippen LogP) is 1.20. The van der Waals surface area contributed by atoms with Crippen LogP contribution >= 0.6 is 11.6 Å². The fourth-order valence-corrected chi connectivity index (χ4v) is 3.32. The van der Waals surface area contributed by atoms with Gasteiger partial charge in [0.05, 0.1) is 28.2 Å². The van der Waals surface area contributed by atoms with Gasteiger partial charge in [-0.05, 0) is 30.5 Å². The summed E-state index contributed by atoms with van der Waals surface area (Å²) in [5.41, 5.74) is 12.7. The summed E-state index contributed by atoms with van der Waals surface area (Å²) in [6.07, 6.45) is 3.27. The van der Waals surface area contributed by atoms with E-state index in [4.69, 9.17) is 23.1 Å². The number of carbonyl (C=O) groups is 1. The van der Waals surface area contributed by atoms with Crippen molar-refractivity contribution in [1.82, 2.24) is 9.78 Å². The lowest BCUT2D eigenvalue weighted by Crippen LogP contribution is -2.24. The molecule has 0 spiro atoms. The Labute approximate surface area is 151 Å². The van der Waals surface area contributed by atoms with Gasteiger partial charge in [-0.1, -0.05) is 28.7 Å². The van der Waals surface area contributed by atoms with Crippen LogP contribution in [0, 0.1) is 0 Å². The number of carbonyl (C=O) groups excluding carboxylic acids is 1. The van der Waals surface area contributed by atoms with Crippen molar-refractivity contribution in [3.63, 3.8) is 0 Å². The zero-order chi connectivity index (χ0) is 18.1. The molecular formula is C15H15ClN5O3S-. The summed E-state index contributed by atoms with van der Waals surface area (Å²) in [6.45, 7) is 0. The molecule has 1 atom stereocenters. The Bertz CT molecular complexity index is 887. The van der Waals surface area contributed by atoms with Crippen LogP contribution in [-0.4, -0.2) is 30.4 Å². The highest BCUT2D eigenvalue weighted by atomic mass is 35.5. The maximum Gasteiger partial charge on any atom is 0.283 e. The minimum Gasteiger partial charge on any atom is -0.772 e. The van der Waals surface area contributed by atoms with Crippen LogP contribution in [0.1, 0.15) is 40.4 Å². The molecule has 1 unspecified atom stereocenters. The molecule has 0 bridgehead atoms. The van der Waals surface area contributed by atoms with Crippen molar-refractivity contribution in [2.75, 3.05) is 0 Å².